The van der Waals surface area contributed by atoms with E-state index in [0.717, 1.165) is 5.56 Å². The number of benzene rings is 1. The second kappa shape index (κ2) is 7.47. The van der Waals surface area contributed by atoms with Crippen molar-refractivity contribution < 1.29 is 14.3 Å². The standard InChI is InChI=1S/C8H8O2.CH2O/c9-7-10-6-8-4-2-1-3-5-8;1-2/h1-5,7H,6H2;1H2. The van der Waals surface area contributed by atoms with Crippen LogP contribution in [0.4, 0.5) is 0 Å². The summed E-state index contributed by atoms with van der Waals surface area (Å²) >= 11 is 0. The van der Waals surface area contributed by atoms with Gasteiger partial charge in [0.05, 0.1) is 0 Å². The fourth-order valence-corrected chi connectivity index (χ4v) is 0.704. The van der Waals surface area contributed by atoms with Crippen LogP contribution in [-0.2, 0) is 20.9 Å². The van der Waals surface area contributed by atoms with Crippen molar-refractivity contribution in [3.05, 3.63) is 35.9 Å². The van der Waals surface area contributed by atoms with Crippen LogP contribution in [0.1, 0.15) is 5.56 Å². The summed E-state index contributed by atoms with van der Waals surface area (Å²) in [4.78, 5) is 17.8. The second-order valence-electron chi connectivity index (χ2n) is 1.89. The van der Waals surface area contributed by atoms with E-state index >= 15 is 0 Å². The smallest absolute Gasteiger partial charge is 0.293 e. The molecule has 64 valence electrons. The lowest BCUT2D eigenvalue weighted by Crippen LogP contribution is -1.88. The lowest BCUT2D eigenvalue weighted by Gasteiger charge is -1.95. The summed E-state index contributed by atoms with van der Waals surface area (Å²) in [6.07, 6.45) is 0. The van der Waals surface area contributed by atoms with E-state index in [1.807, 2.05) is 37.1 Å². The highest BCUT2D eigenvalue weighted by Crippen LogP contribution is 1.98. The van der Waals surface area contributed by atoms with Crippen molar-refractivity contribution in [2.75, 3.05) is 0 Å². The van der Waals surface area contributed by atoms with Gasteiger partial charge in [-0.1, -0.05) is 30.3 Å². The number of rotatable bonds is 3. The minimum atomic E-state index is 0.365. The first-order valence-corrected chi connectivity index (χ1v) is 3.31. The minimum absolute atomic E-state index is 0.365. The summed E-state index contributed by atoms with van der Waals surface area (Å²) in [7, 11) is 0. The predicted octanol–water partition coefficient (Wildman–Crippen LogP) is 1.17. The lowest BCUT2D eigenvalue weighted by molar-refractivity contribution is -0.129. The third-order valence-corrected chi connectivity index (χ3v) is 1.16. The summed E-state index contributed by atoms with van der Waals surface area (Å²) in [5, 5.41) is 0. The average molecular weight is 166 g/mol. The van der Waals surface area contributed by atoms with Crippen molar-refractivity contribution in [3.63, 3.8) is 0 Å². The van der Waals surface area contributed by atoms with Crippen molar-refractivity contribution in [2.45, 2.75) is 6.61 Å². The van der Waals surface area contributed by atoms with Gasteiger partial charge in [0.15, 0.2) is 0 Å². The molecule has 1 aromatic carbocycles. The highest BCUT2D eigenvalue weighted by atomic mass is 16.5. The Morgan fingerprint density at radius 2 is 1.83 bits per heavy atom. The number of ether oxygens (including phenoxy) is 1. The Labute approximate surface area is 71.0 Å². The topological polar surface area (TPSA) is 43.4 Å². The quantitative estimate of drug-likeness (QED) is 0.633. The second-order valence-corrected chi connectivity index (χ2v) is 1.89. The number of carbonyl (C=O) groups is 2. The van der Waals surface area contributed by atoms with Crippen LogP contribution >= 0.6 is 0 Å². The summed E-state index contributed by atoms with van der Waals surface area (Å²) in [6.45, 7) is 2.82. The van der Waals surface area contributed by atoms with Crippen LogP contribution in [-0.4, -0.2) is 13.3 Å². The number of carbonyl (C=O) groups excluding carboxylic acids is 2. The molecule has 0 N–H and O–H groups in total. The van der Waals surface area contributed by atoms with E-state index in [2.05, 4.69) is 4.74 Å². The highest BCUT2D eigenvalue weighted by molar-refractivity contribution is 5.37. The Hall–Kier alpha value is -1.64. The molecule has 0 atom stereocenters. The van der Waals surface area contributed by atoms with E-state index in [-0.39, 0.29) is 0 Å². The maximum absolute atomic E-state index is 9.76. The first-order chi connectivity index (χ1) is 5.93. The Balaban J connectivity index is 0.000000561. The van der Waals surface area contributed by atoms with Crippen molar-refractivity contribution in [2.24, 2.45) is 0 Å². The van der Waals surface area contributed by atoms with Crippen molar-refractivity contribution >= 4 is 13.3 Å². The van der Waals surface area contributed by atoms with Crippen molar-refractivity contribution in [3.8, 4) is 0 Å². The zero-order valence-corrected chi connectivity index (χ0v) is 6.60. The van der Waals surface area contributed by atoms with Crippen LogP contribution in [0.2, 0.25) is 0 Å². The van der Waals surface area contributed by atoms with Crippen LogP contribution in [0.3, 0.4) is 0 Å². The molecule has 0 aliphatic carbocycles. The molecule has 0 aliphatic heterocycles. The summed E-state index contributed by atoms with van der Waals surface area (Å²) in [6, 6.07) is 9.55. The van der Waals surface area contributed by atoms with Gasteiger partial charge in [-0.15, -0.1) is 0 Å². The molecule has 0 bridgehead atoms. The van der Waals surface area contributed by atoms with Gasteiger partial charge >= 0.3 is 0 Å². The summed E-state index contributed by atoms with van der Waals surface area (Å²) in [5.41, 5.74) is 1.01. The van der Waals surface area contributed by atoms with E-state index < -0.39 is 0 Å². The zero-order chi connectivity index (χ0) is 9.23. The van der Waals surface area contributed by atoms with Crippen molar-refractivity contribution in [1.29, 1.82) is 0 Å². The van der Waals surface area contributed by atoms with Crippen LogP contribution < -0.4 is 0 Å². The van der Waals surface area contributed by atoms with E-state index in [9.17, 15) is 4.79 Å². The average Bonchev–Trinajstić information content (AvgIpc) is 2.19. The maximum Gasteiger partial charge on any atom is 0.293 e. The molecular formula is C9H10O3. The van der Waals surface area contributed by atoms with Gasteiger partial charge in [-0.05, 0) is 5.56 Å². The number of hydrogen-bond donors (Lipinski definition) is 0. The van der Waals surface area contributed by atoms with Crippen LogP contribution in [0, 0.1) is 0 Å². The Morgan fingerprint density at radius 1 is 1.25 bits per heavy atom. The van der Waals surface area contributed by atoms with Crippen LogP contribution in [0.5, 0.6) is 0 Å². The monoisotopic (exact) mass is 166 g/mol. The first kappa shape index (κ1) is 10.4. The normalized spacial score (nSPS) is 7.67. The van der Waals surface area contributed by atoms with Gasteiger partial charge in [-0.25, -0.2) is 0 Å². The molecule has 0 aromatic heterocycles. The molecule has 0 heterocycles. The molecule has 0 saturated heterocycles. The molecule has 1 rings (SSSR count). The molecular weight excluding hydrogens is 156 g/mol. The molecule has 0 aliphatic rings. The Morgan fingerprint density at radius 3 is 2.33 bits per heavy atom. The first-order valence-electron chi connectivity index (χ1n) is 3.31. The van der Waals surface area contributed by atoms with E-state index in [1.165, 1.54) is 0 Å². The molecule has 0 fully saturated rings. The van der Waals surface area contributed by atoms with Crippen molar-refractivity contribution in [1.82, 2.24) is 0 Å². The third kappa shape index (κ3) is 4.22. The Kier molecular flexibility index (Phi) is 6.45. The van der Waals surface area contributed by atoms with Gasteiger partial charge in [0.25, 0.3) is 6.47 Å². The van der Waals surface area contributed by atoms with Gasteiger partial charge in [-0.2, -0.15) is 0 Å². The predicted molar refractivity (Wildman–Crippen MR) is 44.4 cm³/mol. The lowest BCUT2D eigenvalue weighted by atomic mass is 10.2. The van der Waals surface area contributed by atoms with Gasteiger partial charge in [-0.3, -0.25) is 4.79 Å². The molecule has 3 nitrogen and oxygen atoms in total. The highest BCUT2D eigenvalue weighted by Gasteiger charge is 1.87. The summed E-state index contributed by atoms with van der Waals surface area (Å²) in [5.74, 6) is 0. The fraction of sp³-hybridized carbons (Fsp3) is 0.111. The van der Waals surface area contributed by atoms with Gasteiger partial charge in [0, 0.05) is 0 Å². The number of hydrogen-bond acceptors (Lipinski definition) is 3. The third-order valence-electron chi connectivity index (χ3n) is 1.16. The molecule has 0 spiro atoms. The molecule has 3 heteroatoms. The van der Waals surface area contributed by atoms with E-state index in [4.69, 9.17) is 4.79 Å². The van der Waals surface area contributed by atoms with E-state index in [0.29, 0.717) is 13.1 Å². The molecule has 0 amide bonds. The fourth-order valence-electron chi connectivity index (χ4n) is 0.704. The molecule has 0 unspecified atom stereocenters. The van der Waals surface area contributed by atoms with Gasteiger partial charge in [0.1, 0.15) is 13.4 Å². The van der Waals surface area contributed by atoms with Crippen LogP contribution in [0.15, 0.2) is 30.3 Å². The minimum Gasteiger partial charge on any atom is -0.463 e. The molecule has 1 aromatic rings. The SMILES string of the molecule is C=O.O=COCc1ccccc1. The largest absolute Gasteiger partial charge is 0.463 e. The summed E-state index contributed by atoms with van der Waals surface area (Å²) < 4.78 is 4.54. The molecule has 0 saturated carbocycles. The van der Waals surface area contributed by atoms with Gasteiger partial charge in [0.2, 0.25) is 0 Å². The van der Waals surface area contributed by atoms with Crippen LogP contribution in [0.25, 0.3) is 0 Å². The molecule has 0 radical (unpaired) electrons. The maximum atomic E-state index is 9.76. The zero-order valence-electron chi connectivity index (χ0n) is 6.60. The van der Waals surface area contributed by atoms with Gasteiger partial charge < -0.3 is 9.53 Å². The molecule has 12 heavy (non-hydrogen) atoms. The van der Waals surface area contributed by atoms with E-state index in [1.54, 1.807) is 0 Å². The Bertz CT molecular complexity index is 208.